The topological polar surface area (TPSA) is 85.1 Å². The minimum absolute atomic E-state index is 0.209. The maximum atomic E-state index is 6.30. The van der Waals surface area contributed by atoms with Crippen LogP contribution < -0.4 is 16.4 Å². The Labute approximate surface area is 137 Å². The molecule has 126 valence electrons. The molecule has 0 aromatic carbocycles. The Bertz CT molecular complexity index is 541. The average molecular weight is 317 g/mol. The summed E-state index contributed by atoms with van der Waals surface area (Å²) >= 11 is 0. The van der Waals surface area contributed by atoms with Crippen molar-refractivity contribution in [2.24, 2.45) is 17.8 Å². The molecular formula is C17H27N5O. The summed E-state index contributed by atoms with van der Waals surface area (Å²) in [7, 11) is 1.69. The van der Waals surface area contributed by atoms with Crippen LogP contribution in [0, 0.1) is 17.8 Å². The fourth-order valence-corrected chi connectivity index (χ4v) is 5.42. The molecule has 4 bridgehead atoms. The summed E-state index contributed by atoms with van der Waals surface area (Å²) in [5.74, 6) is 4.19. The molecule has 0 aliphatic heterocycles. The molecule has 1 heterocycles. The van der Waals surface area contributed by atoms with Crippen LogP contribution in [0.1, 0.15) is 38.5 Å². The summed E-state index contributed by atoms with van der Waals surface area (Å²) in [6, 6.07) is 0. The molecule has 6 nitrogen and oxygen atoms in total. The van der Waals surface area contributed by atoms with Gasteiger partial charge in [-0.1, -0.05) is 0 Å². The highest BCUT2D eigenvalue weighted by Gasteiger charge is 2.51. The lowest BCUT2D eigenvalue weighted by molar-refractivity contribution is 0.0106. The molecule has 0 saturated heterocycles. The van der Waals surface area contributed by atoms with Crippen molar-refractivity contribution in [3.05, 3.63) is 6.33 Å². The van der Waals surface area contributed by atoms with Gasteiger partial charge in [-0.15, -0.1) is 0 Å². The van der Waals surface area contributed by atoms with E-state index in [4.69, 9.17) is 10.5 Å². The van der Waals surface area contributed by atoms with Gasteiger partial charge in [-0.2, -0.15) is 0 Å². The lowest BCUT2D eigenvalue weighted by Crippen LogP contribution is -2.55. The predicted octanol–water partition coefficient (Wildman–Crippen LogP) is 2.50. The summed E-state index contributed by atoms with van der Waals surface area (Å²) in [5, 5.41) is 6.96. The maximum absolute atomic E-state index is 6.30. The zero-order chi connectivity index (χ0) is 15.9. The van der Waals surface area contributed by atoms with Crippen LogP contribution in [0.2, 0.25) is 0 Å². The Hall–Kier alpha value is -1.56. The Morgan fingerprint density at radius 3 is 2.35 bits per heavy atom. The molecule has 0 spiro atoms. The summed E-state index contributed by atoms with van der Waals surface area (Å²) in [4.78, 5) is 8.69. The normalized spacial score (nSPS) is 34.6. The standard InChI is InChI=1S/C17H27N5O/c1-23-3-2-19-15-14(18)16(21-10-20-15)22-17-7-11-4-12(8-17)6-13(5-11)9-17/h10-13H,2-9,18H2,1H3,(H2,19,20,21,22). The SMILES string of the molecule is COCCNc1ncnc(NC23CC4CC(CC(C4)C2)C3)c1N. The third-order valence-electron chi connectivity index (χ3n) is 5.90. The first-order valence-electron chi connectivity index (χ1n) is 8.79. The van der Waals surface area contributed by atoms with E-state index in [1.807, 2.05) is 0 Å². The van der Waals surface area contributed by atoms with Crippen LogP contribution in [0.4, 0.5) is 17.3 Å². The van der Waals surface area contributed by atoms with E-state index in [-0.39, 0.29) is 5.54 Å². The van der Waals surface area contributed by atoms with Crippen molar-refractivity contribution in [2.45, 2.75) is 44.1 Å². The second-order valence-electron chi connectivity index (χ2n) is 7.73. The molecule has 5 rings (SSSR count). The number of nitrogen functional groups attached to an aromatic ring is 1. The van der Waals surface area contributed by atoms with Gasteiger partial charge in [0, 0.05) is 19.2 Å². The average Bonchev–Trinajstić information content (AvgIpc) is 2.49. The van der Waals surface area contributed by atoms with Crippen molar-refractivity contribution >= 4 is 17.3 Å². The zero-order valence-corrected chi connectivity index (χ0v) is 13.8. The molecule has 4 aliphatic carbocycles. The van der Waals surface area contributed by atoms with Crippen LogP contribution in [-0.4, -0.2) is 35.8 Å². The van der Waals surface area contributed by atoms with E-state index in [0.717, 1.165) is 23.6 Å². The predicted molar refractivity (Wildman–Crippen MR) is 91.3 cm³/mol. The van der Waals surface area contributed by atoms with Crippen molar-refractivity contribution in [2.75, 3.05) is 36.6 Å². The number of anilines is 3. The molecule has 4 fully saturated rings. The number of ether oxygens (including phenoxy) is 1. The van der Waals surface area contributed by atoms with Crippen molar-refractivity contribution < 1.29 is 4.74 Å². The lowest BCUT2D eigenvalue weighted by atomic mass is 9.53. The van der Waals surface area contributed by atoms with E-state index in [1.165, 1.54) is 38.5 Å². The van der Waals surface area contributed by atoms with E-state index in [1.54, 1.807) is 13.4 Å². The van der Waals surface area contributed by atoms with Crippen LogP contribution in [0.15, 0.2) is 6.33 Å². The van der Waals surface area contributed by atoms with Gasteiger partial charge in [0.15, 0.2) is 11.6 Å². The molecule has 0 radical (unpaired) electrons. The van der Waals surface area contributed by atoms with E-state index in [2.05, 4.69) is 20.6 Å². The number of methoxy groups -OCH3 is 1. The van der Waals surface area contributed by atoms with E-state index < -0.39 is 0 Å². The quantitative estimate of drug-likeness (QED) is 0.699. The second kappa shape index (κ2) is 5.82. The lowest BCUT2D eigenvalue weighted by Gasteiger charge is -2.57. The number of nitrogens with zero attached hydrogens (tertiary/aromatic N) is 2. The monoisotopic (exact) mass is 317 g/mol. The molecular weight excluding hydrogens is 290 g/mol. The molecule has 6 heteroatoms. The van der Waals surface area contributed by atoms with Crippen LogP contribution in [0.5, 0.6) is 0 Å². The zero-order valence-electron chi connectivity index (χ0n) is 13.8. The maximum Gasteiger partial charge on any atom is 0.155 e. The van der Waals surface area contributed by atoms with Gasteiger partial charge in [-0.05, 0) is 56.3 Å². The van der Waals surface area contributed by atoms with Crippen molar-refractivity contribution in [1.82, 2.24) is 9.97 Å². The van der Waals surface area contributed by atoms with Crippen molar-refractivity contribution in [3.8, 4) is 0 Å². The van der Waals surface area contributed by atoms with Crippen molar-refractivity contribution in [3.63, 3.8) is 0 Å². The van der Waals surface area contributed by atoms with Crippen LogP contribution in [0.3, 0.4) is 0 Å². The molecule has 0 amide bonds. The van der Waals surface area contributed by atoms with Gasteiger partial charge >= 0.3 is 0 Å². The third kappa shape index (κ3) is 2.84. The second-order valence-corrected chi connectivity index (χ2v) is 7.73. The van der Waals surface area contributed by atoms with Gasteiger partial charge < -0.3 is 21.1 Å². The number of rotatable bonds is 6. The summed E-state index contributed by atoms with van der Waals surface area (Å²) in [6.07, 6.45) is 9.71. The smallest absolute Gasteiger partial charge is 0.155 e. The van der Waals surface area contributed by atoms with E-state index in [0.29, 0.717) is 24.7 Å². The fourth-order valence-electron chi connectivity index (χ4n) is 5.42. The van der Waals surface area contributed by atoms with Crippen LogP contribution in [-0.2, 0) is 4.74 Å². The highest BCUT2D eigenvalue weighted by Crippen LogP contribution is 2.56. The number of nitrogens with two attached hydrogens (primary N) is 1. The van der Waals surface area contributed by atoms with Gasteiger partial charge in [-0.25, -0.2) is 9.97 Å². The molecule has 4 aliphatic rings. The third-order valence-corrected chi connectivity index (χ3v) is 5.90. The Morgan fingerprint density at radius 2 is 1.74 bits per heavy atom. The molecule has 23 heavy (non-hydrogen) atoms. The van der Waals surface area contributed by atoms with E-state index in [9.17, 15) is 0 Å². The molecule has 1 aromatic heterocycles. The summed E-state index contributed by atoms with van der Waals surface area (Å²) in [5.41, 5.74) is 7.14. The van der Waals surface area contributed by atoms with Gasteiger partial charge in [0.2, 0.25) is 0 Å². The summed E-state index contributed by atoms with van der Waals surface area (Å²) in [6.45, 7) is 1.32. The minimum Gasteiger partial charge on any atom is -0.393 e. The first kappa shape index (κ1) is 15.0. The van der Waals surface area contributed by atoms with Gasteiger partial charge in [0.05, 0.1) is 6.61 Å². The highest BCUT2D eigenvalue weighted by molar-refractivity contribution is 5.74. The highest BCUT2D eigenvalue weighted by atomic mass is 16.5. The summed E-state index contributed by atoms with van der Waals surface area (Å²) < 4.78 is 5.06. The van der Waals surface area contributed by atoms with Gasteiger partial charge in [-0.3, -0.25) is 0 Å². The Morgan fingerprint density at radius 1 is 1.13 bits per heavy atom. The van der Waals surface area contributed by atoms with Gasteiger partial charge in [0.25, 0.3) is 0 Å². The van der Waals surface area contributed by atoms with Crippen LogP contribution >= 0.6 is 0 Å². The molecule has 0 atom stereocenters. The number of hydrogen-bond donors (Lipinski definition) is 3. The molecule has 4 saturated carbocycles. The van der Waals surface area contributed by atoms with Crippen LogP contribution in [0.25, 0.3) is 0 Å². The number of nitrogens with one attached hydrogen (secondary N) is 2. The van der Waals surface area contributed by atoms with Gasteiger partial charge in [0.1, 0.15) is 12.0 Å². The molecule has 0 unspecified atom stereocenters. The fraction of sp³-hybridized carbons (Fsp3) is 0.765. The van der Waals surface area contributed by atoms with E-state index >= 15 is 0 Å². The minimum atomic E-state index is 0.209. The Balaban J connectivity index is 1.51. The Kier molecular flexibility index (Phi) is 3.79. The number of hydrogen-bond acceptors (Lipinski definition) is 6. The van der Waals surface area contributed by atoms with Crippen molar-refractivity contribution in [1.29, 1.82) is 0 Å². The largest absolute Gasteiger partial charge is 0.393 e. The number of aromatic nitrogens is 2. The first-order chi connectivity index (χ1) is 11.2. The molecule has 4 N–H and O–H groups in total. The first-order valence-corrected chi connectivity index (χ1v) is 8.79. The molecule has 1 aromatic rings.